The molecule has 1 fully saturated rings. The minimum Gasteiger partial charge on any atom is -0.314 e. The van der Waals surface area contributed by atoms with E-state index in [1.807, 2.05) is 6.07 Å². The summed E-state index contributed by atoms with van der Waals surface area (Å²) in [6.07, 6.45) is 3.32. The zero-order valence-corrected chi connectivity index (χ0v) is 10.6. The van der Waals surface area contributed by atoms with Crippen molar-refractivity contribution in [1.82, 2.24) is 5.32 Å². The molecule has 92 valence electrons. The summed E-state index contributed by atoms with van der Waals surface area (Å²) < 4.78 is 13.7. The Hall–Kier alpha value is -0.890. The number of benzene rings is 1. The van der Waals surface area contributed by atoms with Crippen LogP contribution in [-0.2, 0) is 11.8 Å². The lowest BCUT2D eigenvalue weighted by Gasteiger charge is -2.13. The standard InChI is InChI=1S/C15H20FN/c1-10(2)17-9-11-8-15(11)7-6-12-13(15)4-3-5-14(12)16/h3-5,10-11,17H,6-9H2,1-2H3. The van der Waals surface area contributed by atoms with E-state index >= 15 is 0 Å². The van der Waals surface area contributed by atoms with Crippen molar-refractivity contribution < 1.29 is 4.39 Å². The molecular formula is C15H20FN. The van der Waals surface area contributed by atoms with Gasteiger partial charge in [-0.3, -0.25) is 0 Å². The summed E-state index contributed by atoms with van der Waals surface area (Å²) in [5.74, 6) is 0.717. The second-order valence-electron chi connectivity index (χ2n) is 5.89. The Kier molecular flexibility index (Phi) is 2.51. The summed E-state index contributed by atoms with van der Waals surface area (Å²) in [4.78, 5) is 0. The van der Waals surface area contributed by atoms with Crippen molar-refractivity contribution in [2.24, 2.45) is 5.92 Å². The highest BCUT2D eigenvalue weighted by molar-refractivity contribution is 5.45. The van der Waals surface area contributed by atoms with Crippen molar-refractivity contribution in [2.75, 3.05) is 6.54 Å². The highest BCUT2D eigenvalue weighted by Gasteiger charge is 2.57. The summed E-state index contributed by atoms with van der Waals surface area (Å²) in [6.45, 7) is 5.43. The molecule has 2 unspecified atom stereocenters. The van der Waals surface area contributed by atoms with Crippen LogP contribution < -0.4 is 5.32 Å². The summed E-state index contributed by atoms with van der Waals surface area (Å²) in [6, 6.07) is 6.15. The highest BCUT2D eigenvalue weighted by atomic mass is 19.1. The predicted molar refractivity (Wildman–Crippen MR) is 67.6 cm³/mol. The van der Waals surface area contributed by atoms with E-state index < -0.39 is 0 Å². The SMILES string of the molecule is CC(C)NCC1CC12CCc1c(F)cccc12. The molecule has 0 radical (unpaired) electrons. The first-order chi connectivity index (χ1) is 8.13. The van der Waals surface area contributed by atoms with Crippen molar-refractivity contribution in [3.8, 4) is 0 Å². The number of fused-ring (bicyclic) bond motifs is 2. The summed E-state index contributed by atoms with van der Waals surface area (Å²) in [5, 5.41) is 3.51. The lowest BCUT2D eigenvalue weighted by Crippen LogP contribution is -2.27. The van der Waals surface area contributed by atoms with Gasteiger partial charge < -0.3 is 5.32 Å². The monoisotopic (exact) mass is 233 g/mol. The predicted octanol–water partition coefficient (Wildman–Crippen LogP) is 3.03. The van der Waals surface area contributed by atoms with Gasteiger partial charge in [-0.2, -0.15) is 0 Å². The van der Waals surface area contributed by atoms with Gasteiger partial charge in [0.1, 0.15) is 5.82 Å². The molecule has 2 aliphatic rings. The molecule has 2 aliphatic carbocycles. The maximum absolute atomic E-state index is 13.7. The van der Waals surface area contributed by atoms with E-state index in [1.165, 1.54) is 12.0 Å². The lowest BCUT2D eigenvalue weighted by molar-refractivity contribution is 0.511. The zero-order chi connectivity index (χ0) is 12.0. The summed E-state index contributed by atoms with van der Waals surface area (Å²) in [7, 11) is 0. The Labute approximate surface area is 102 Å². The fourth-order valence-corrected chi connectivity index (χ4v) is 3.42. The molecule has 1 spiro atoms. The van der Waals surface area contributed by atoms with Crippen LogP contribution in [0.4, 0.5) is 4.39 Å². The number of hydrogen-bond acceptors (Lipinski definition) is 1. The van der Waals surface area contributed by atoms with Crippen LogP contribution >= 0.6 is 0 Å². The molecule has 17 heavy (non-hydrogen) atoms. The van der Waals surface area contributed by atoms with Crippen LogP contribution in [0.15, 0.2) is 18.2 Å². The second kappa shape index (κ2) is 3.81. The second-order valence-corrected chi connectivity index (χ2v) is 5.89. The van der Waals surface area contributed by atoms with E-state index in [9.17, 15) is 4.39 Å². The van der Waals surface area contributed by atoms with Gasteiger partial charge in [-0.15, -0.1) is 0 Å². The number of rotatable bonds is 3. The van der Waals surface area contributed by atoms with Gasteiger partial charge in [0.2, 0.25) is 0 Å². The minimum atomic E-state index is 0.00171. The van der Waals surface area contributed by atoms with E-state index in [2.05, 4.69) is 25.2 Å². The molecular weight excluding hydrogens is 213 g/mol. The Morgan fingerprint density at radius 1 is 1.47 bits per heavy atom. The van der Waals surface area contributed by atoms with Crippen LogP contribution in [0, 0.1) is 11.7 Å². The summed E-state index contributed by atoms with van der Waals surface area (Å²) >= 11 is 0. The van der Waals surface area contributed by atoms with E-state index in [0.717, 1.165) is 24.9 Å². The van der Waals surface area contributed by atoms with Gasteiger partial charge in [-0.05, 0) is 48.9 Å². The van der Waals surface area contributed by atoms with Gasteiger partial charge in [0.15, 0.2) is 0 Å². The van der Waals surface area contributed by atoms with Crippen molar-refractivity contribution in [3.63, 3.8) is 0 Å². The van der Waals surface area contributed by atoms with E-state index in [4.69, 9.17) is 0 Å². The Balaban J connectivity index is 1.79. The van der Waals surface area contributed by atoms with Crippen LogP contribution in [0.25, 0.3) is 0 Å². The van der Waals surface area contributed by atoms with Crippen LogP contribution in [0.5, 0.6) is 0 Å². The Morgan fingerprint density at radius 3 is 3.06 bits per heavy atom. The Morgan fingerprint density at radius 2 is 2.29 bits per heavy atom. The molecule has 1 saturated carbocycles. The third-order valence-electron chi connectivity index (χ3n) is 4.48. The van der Waals surface area contributed by atoms with E-state index in [0.29, 0.717) is 17.4 Å². The molecule has 0 amide bonds. The maximum Gasteiger partial charge on any atom is 0.126 e. The van der Waals surface area contributed by atoms with Crippen molar-refractivity contribution in [2.45, 2.75) is 44.6 Å². The molecule has 0 saturated heterocycles. The number of nitrogens with one attached hydrogen (secondary N) is 1. The quantitative estimate of drug-likeness (QED) is 0.846. The fourth-order valence-electron chi connectivity index (χ4n) is 3.42. The topological polar surface area (TPSA) is 12.0 Å². The molecule has 2 atom stereocenters. The molecule has 1 aromatic carbocycles. The van der Waals surface area contributed by atoms with Crippen molar-refractivity contribution in [1.29, 1.82) is 0 Å². The first kappa shape index (κ1) is 11.2. The maximum atomic E-state index is 13.7. The number of halogens is 1. The molecule has 0 aliphatic heterocycles. The van der Waals surface area contributed by atoms with Gasteiger partial charge in [0.25, 0.3) is 0 Å². The third-order valence-corrected chi connectivity index (χ3v) is 4.48. The molecule has 0 aromatic heterocycles. The molecule has 0 bridgehead atoms. The Bertz CT molecular complexity index is 441. The first-order valence-electron chi connectivity index (χ1n) is 6.65. The summed E-state index contributed by atoms with van der Waals surface area (Å²) in [5.41, 5.74) is 2.60. The van der Waals surface area contributed by atoms with Gasteiger partial charge in [0, 0.05) is 11.5 Å². The van der Waals surface area contributed by atoms with E-state index in [1.54, 1.807) is 6.07 Å². The van der Waals surface area contributed by atoms with Crippen molar-refractivity contribution in [3.05, 3.63) is 35.1 Å². The molecule has 2 heteroatoms. The van der Waals surface area contributed by atoms with E-state index in [-0.39, 0.29) is 5.82 Å². The van der Waals surface area contributed by atoms with Crippen LogP contribution in [0.3, 0.4) is 0 Å². The average Bonchev–Trinajstić information content (AvgIpc) is 2.85. The fraction of sp³-hybridized carbons (Fsp3) is 0.600. The first-order valence-corrected chi connectivity index (χ1v) is 6.65. The van der Waals surface area contributed by atoms with Crippen LogP contribution in [-0.4, -0.2) is 12.6 Å². The number of hydrogen-bond donors (Lipinski definition) is 1. The van der Waals surface area contributed by atoms with Crippen molar-refractivity contribution >= 4 is 0 Å². The smallest absolute Gasteiger partial charge is 0.126 e. The average molecular weight is 233 g/mol. The van der Waals surface area contributed by atoms with Gasteiger partial charge in [-0.25, -0.2) is 4.39 Å². The van der Waals surface area contributed by atoms with Crippen LogP contribution in [0.2, 0.25) is 0 Å². The van der Waals surface area contributed by atoms with Gasteiger partial charge in [0.05, 0.1) is 0 Å². The van der Waals surface area contributed by atoms with Gasteiger partial charge >= 0.3 is 0 Å². The molecule has 1 nitrogen and oxygen atoms in total. The van der Waals surface area contributed by atoms with Gasteiger partial charge in [-0.1, -0.05) is 26.0 Å². The molecule has 0 heterocycles. The lowest BCUT2D eigenvalue weighted by atomic mass is 9.95. The normalized spacial score (nSPS) is 30.0. The van der Waals surface area contributed by atoms with Crippen LogP contribution in [0.1, 0.15) is 37.8 Å². The largest absolute Gasteiger partial charge is 0.314 e. The third kappa shape index (κ3) is 1.70. The molecule has 1 N–H and O–H groups in total. The molecule has 1 aromatic rings. The molecule has 3 rings (SSSR count). The highest BCUT2D eigenvalue weighted by Crippen LogP contribution is 2.61. The minimum absolute atomic E-state index is 0.00171. The zero-order valence-electron chi connectivity index (χ0n) is 10.6.